The highest BCUT2D eigenvalue weighted by molar-refractivity contribution is 5.34. The van der Waals surface area contributed by atoms with E-state index >= 15 is 0 Å². The Bertz CT molecular complexity index is 191. The van der Waals surface area contributed by atoms with Crippen molar-refractivity contribution in [1.29, 1.82) is 0 Å². The highest BCUT2D eigenvalue weighted by Crippen LogP contribution is 2.09. The normalized spacial score (nSPS) is 9.67. The lowest BCUT2D eigenvalue weighted by atomic mass is 10.1. The van der Waals surface area contributed by atoms with Crippen molar-refractivity contribution < 1.29 is 0 Å². The van der Waals surface area contributed by atoms with Gasteiger partial charge < -0.3 is 0 Å². The molecular weight excluding hydrogens is 108 g/mol. The third kappa shape index (κ3) is 1.13. The number of aryl methyl sites for hydroxylation is 1. The first kappa shape index (κ1) is 6.34. The van der Waals surface area contributed by atoms with E-state index < -0.39 is 0 Å². The van der Waals surface area contributed by atoms with Gasteiger partial charge in [0.15, 0.2) is 0 Å². The fourth-order valence-corrected chi connectivity index (χ4v) is 0.774. The molecule has 0 aliphatic heterocycles. The molecule has 9 heavy (non-hydrogen) atoms. The lowest BCUT2D eigenvalue weighted by Crippen LogP contribution is -1.82. The Hall–Kier alpha value is -0.780. The highest BCUT2D eigenvalue weighted by Gasteiger charge is 1.92. The van der Waals surface area contributed by atoms with E-state index in [1.54, 1.807) is 0 Å². The van der Waals surface area contributed by atoms with Gasteiger partial charge in [-0.05, 0) is 37.5 Å². The number of hydrogen-bond donors (Lipinski definition) is 0. The smallest absolute Gasteiger partial charge is 0.000912 e. The molecule has 1 aromatic carbocycles. The standard InChI is InChI=1S/C9H10/c1-7-5-4-6-8(2)9(7)3/h1,4-6H,2-3H3. The Labute approximate surface area is 56.5 Å². The molecule has 0 N–H and O–H groups in total. The van der Waals surface area contributed by atoms with Crippen molar-refractivity contribution in [2.24, 2.45) is 0 Å². The Morgan fingerprint density at radius 1 is 1.22 bits per heavy atom. The SMILES string of the molecule is [CH]c1cccc(C)c1C. The second-order valence-corrected chi connectivity index (χ2v) is 2.29. The summed E-state index contributed by atoms with van der Waals surface area (Å²) in [7, 11) is 0. The minimum atomic E-state index is 0.884. The zero-order valence-electron chi connectivity index (χ0n) is 5.81. The molecule has 0 saturated heterocycles. The molecule has 0 heteroatoms. The molecule has 0 aromatic heterocycles. The van der Waals surface area contributed by atoms with Crippen molar-refractivity contribution in [3.05, 3.63) is 41.8 Å². The van der Waals surface area contributed by atoms with E-state index in [0.717, 1.165) is 5.56 Å². The van der Waals surface area contributed by atoms with Crippen LogP contribution in [0.15, 0.2) is 18.2 Å². The molecule has 0 heterocycles. The van der Waals surface area contributed by atoms with Crippen molar-refractivity contribution in [3.8, 4) is 0 Å². The van der Waals surface area contributed by atoms with Crippen LogP contribution in [0.3, 0.4) is 0 Å². The van der Waals surface area contributed by atoms with Crippen LogP contribution in [0, 0.1) is 20.8 Å². The van der Waals surface area contributed by atoms with Gasteiger partial charge in [-0.3, -0.25) is 0 Å². The molecule has 0 bridgehead atoms. The maximum atomic E-state index is 5.62. The summed E-state index contributed by atoms with van der Waals surface area (Å²) in [5.74, 6) is 0. The lowest BCUT2D eigenvalue weighted by Gasteiger charge is -2.00. The summed E-state index contributed by atoms with van der Waals surface area (Å²) >= 11 is 0. The van der Waals surface area contributed by atoms with Gasteiger partial charge in [-0.1, -0.05) is 18.2 Å². The maximum absolute atomic E-state index is 5.62. The molecule has 0 nitrogen and oxygen atoms in total. The monoisotopic (exact) mass is 118 g/mol. The molecule has 0 saturated carbocycles. The molecule has 0 aliphatic carbocycles. The Morgan fingerprint density at radius 3 is 2.33 bits per heavy atom. The van der Waals surface area contributed by atoms with Gasteiger partial charge in [-0.25, -0.2) is 0 Å². The van der Waals surface area contributed by atoms with Crippen LogP contribution in [0.25, 0.3) is 0 Å². The lowest BCUT2D eigenvalue weighted by molar-refractivity contribution is 1.31. The minimum Gasteiger partial charge on any atom is -0.0617 e. The topological polar surface area (TPSA) is 0 Å². The highest BCUT2D eigenvalue weighted by atomic mass is 14.0. The zero-order valence-corrected chi connectivity index (χ0v) is 5.81. The Morgan fingerprint density at radius 2 is 1.89 bits per heavy atom. The number of benzene rings is 1. The van der Waals surface area contributed by atoms with E-state index in [2.05, 4.69) is 13.0 Å². The van der Waals surface area contributed by atoms with Gasteiger partial charge in [0.25, 0.3) is 0 Å². The number of hydrogen-bond acceptors (Lipinski definition) is 0. The van der Waals surface area contributed by atoms with Crippen LogP contribution in [0.1, 0.15) is 16.7 Å². The van der Waals surface area contributed by atoms with Gasteiger partial charge in [-0.15, -0.1) is 0 Å². The predicted octanol–water partition coefficient (Wildman–Crippen LogP) is 2.36. The van der Waals surface area contributed by atoms with Gasteiger partial charge >= 0.3 is 0 Å². The molecule has 0 unspecified atom stereocenters. The van der Waals surface area contributed by atoms with Crippen molar-refractivity contribution in [3.63, 3.8) is 0 Å². The molecule has 0 aliphatic rings. The van der Waals surface area contributed by atoms with E-state index in [1.807, 2.05) is 19.1 Å². The van der Waals surface area contributed by atoms with Crippen LogP contribution < -0.4 is 0 Å². The predicted molar refractivity (Wildman–Crippen MR) is 39.3 cm³/mol. The van der Waals surface area contributed by atoms with Crippen LogP contribution in [-0.4, -0.2) is 0 Å². The molecule has 0 amide bonds. The molecule has 1 aromatic rings. The fourth-order valence-electron chi connectivity index (χ4n) is 0.774. The average Bonchev–Trinajstić information content (AvgIpc) is 1.83. The number of rotatable bonds is 0. The first-order valence-electron chi connectivity index (χ1n) is 3.03. The summed E-state index contributed by atoms with van der Waals surface area (Å²) < 4.78 is 0. The largest absolute Gasteiger partial charge is 0.0617 e. The summed E-state index contributed by atoms with van der Waals surface area (Å²) in [6, 6.07) is 5.95. The summed E-state index contributed by atoms with van der Waals surface area (Å²) in [6.45, 7) is 9.71. The molecule has 1 rings (SSSR count). The Kier molecular flexibility index (Phi) is 1.56. The van der Waals surface area contributed by atoms with Crippen molar-refractivity contribution in [2.45, 2.75) is 13.8 Å². The molecular formula is C9H10. The summed E-state index contributed by atoms with van der Waals surface area (Å²) in [6.07, 6.45) is 0. The van der Waals surface area contributed by atoms with Crippen molar-refractivity contribution >= 4 is 0 Å². The molecule has 0 atom stereocenters. The van der Waals surface area contributed by atoms with Gasteiger partial charge in [0.1, 0.15) is 0 Å². The minimum absolute atomic E-state index is 0.884. The second-order valence-electron chi connectivity index (χ2n) is 2.29. The second kappa shape index (κ2) is 2.22. The molecule has 46 valence electrons. The first-order chi connectivity index (χ1) is 4.22. The molecule has 0 fully saturated rings. The summed E-state index contributed by atoms with van der Waals surface area (Å²) in [4.78, 5) is 0. The van der Waals surface area contributed by atoms with E-state index in [9.17, 15) is 0 Å². The van der Waals surface area contributed by atoms with E-state index in [-0.39, 0.29) is 0 Å². The third-order valence-corrected chi connectivity index (χ3v) is 1.65. The van der Waals surface area contributed by atoms with Gasteiger partial charge in [-0.2, -0.15) is 0 Å². The van der Waals surface area contributed by atoms with Gasteiger partial charge in [0.05, 0.1) is 0 Å². The third-order valence-electron chi connectivity index (χ3n) is 1.65. The van der Waals surface area contributed by atoms with Crippen molar-refractivity contribution in [2.75, 3.05) is 0 Å². The molecule has 0 spiro atoms. The van der Waals surface area contributed by atoms with Crippen LogP contribution in [0.4, 0.5) is 0 Å². The first-order valence-corrected chi connectivity index (χ1v) is 3.03. The zero-order chi connectivity index (χ0) is 6.85. The Balaban J connectivity index is 3.25. The van der Waals surface area contributed by atoms with E-state index in [1.165, 1.54) is 11.1 Å². The van der Waals surface area contributed by atoms with Crippen molar-refractivity contribution in [1.82, 2.24) is 0 Å². The molecule has 2 radical (unpaired) electrons. The van der Waals surface area contributed by atoms with Crippen LogP contribution >= 0.6 is 0 Å². The van der Waals surface area contributed by atoms with Gasteiger partial charge in [0.2, 0.25) is 0 Å². The fraction of sp³-hybridized carbons (Fsp3) is 0.222. The van der Waals surface area contributed by atoms with Crippen LogP contribution in [0.2, 0.25) is 0 Å². The van der Waals surface area contributed by atoms with Crippen LogP contribution in [0.5, 0.6) is 0 Å². The van der Waals surface area contributed by atoms with Gasteiger partial charge in [0, 0.05) is 0 Å². The average molecular weight is 118 g/mol. The summed E-state index contributed by atoms with van der Waals surface area (Å²) in [5.41, 5.74) is 3.34. The van der Waals surface area contributed by atoms with E-state index in [4.69, 9.17) is 6.92 Å². The quantitative estimate of drug-likeness (QED) is 0.490. The summed E-state index contributed by atoms with van der Waals surface area (Å²) in [5, 5.41) is 0. The maximum Gasteiger partial charge on any atom is -0.000912 e. The van der Waals surface area contributed by atoms with Crippen LogP contribution in [-0.2, 0) is 0 Å². The van der Waals surface area contributed by atoms with E-state index in [0.29, 0.717) is 0 Å².